The lowest BCUT2D eigenvalue weighted by atomic mass is 10.2. The normalized spacial score (nSPS) is 10.4. The monoisotopic (exact) mass is 329 g/mol. The molecule has 0 aromatic heterocycles. The second-order valence-corrected chi connectivity index (χ2v) is 5.00. The maximum Gasteiger partial charge on any atom is 0.146 e. The van der Waals surface area contributed by atoms with Gasteiger partial charge in [0.15, 0.2) is 0 Å². The number of hydrogen-bond donors (Lipinski definition) is 1. The Hall–Kier alpha value is -1.10. The maximum absolute atomic E-state index is 12.9. The minimum absolute atomic E-state index is 0.226. The van der Waals surface area contributed by atoms with Gasteiger partial charge in [0.05, 0.1) is 5.02 Å². The van der Waals surface area contributed by atoms with Crippen LogP contribution >= 0.6 is 27.5 Å². The van der Waals surface area contributed by atoms with E-state index in [-0.39, 0.29) is 5.02 Å². The molecule has 0 fully saturated rings. The second-order valence-electron chi connectivity index (χ2n) is 3.68. The summed E-state index contributed by atoms with van der Waals surface area (Å²) in [4.78, 5) is 0. The Balaban J connectivity index is 2.30. The van der Waals surface area contributed by atoms with E-state index in [9.17, 15) is 4.39 Å². The molecule has 0 heterocycles. The van der Waals surface area contributed by atoms with Gasteiger partial charge in [-0.2, -0.15) is 0 Å². The van der Waals surface area contributed by atoms with Gasteiger partial charge in [0.25, 0.3) is 0 Å². The molecular weight excluding hydrogens is 321 g/mol. The third-order valence-corrected chi connectivity index (χ3v) is 3.04. The van der Waals surface area contributed by atoms with Gasteiger partial charge in [-0.05, 0) is 42.0 Å². The molecule has 0 radical (unpaired) electrons. The summed E-state index contributed by atoms with van der Waals surface area (Å²) in [6.45, 7) is 0.410. The molecule has 2 rings (SSSR count). The van der Waals surface area contributed by atoms with Gasteiger partial charge in [-0.1, -0.05) is 27.5 Å². The molecule has 0 atom stereocenters. The summed E-state index contributed by atoms with van der Waals surface area (Å²) >= 11 is 9.26. The summed E-state index contributed by atoms with van der Waals surface area (Å²) in [5, 5.41) is 0.226. The summed E-state index contributed by atoms with van der Waals surface area (Å²) in [7, 11) is 0. The Bertz CT molecular complexity index is 577. The van der Waals surface area contributed by atoms with Crippen LogP contribution in [0.25, 0.3) is 0 Å². The molecule has 5 heteroatoms. The number of halogens is 3. The van der Waals surface area contributed by atoms with Gasteiger partial charge in [0.1, 0.15) is 17.3 Å². The first-order valence-electron chi connectivity index (χ1n) is 5.21. The minimum Gasteiger partial charge on any atom is -0.456 e. The predicted octanol–water partition coefficient (Wildman–Crippen LogP) is 4.49. The average Bonchev–Trinajstić information content (AvgIpc) is 2.32. The van der Waals surface area contributed by atoms with E-state index in [0.717, 1.165) is 10.0 Å². The van der Waals surface area contributed by atoms with Crippen LogP contribution in [0.15, 0.2) is 40.9 Å². The van der Waals surface area contributed by atoms with Crippen LogP contribution in [0.2, 0.25) is 5.02 Å². The predicted molar refractivity (Wildman–Crippen MR) is 73.5 cm³/mol. The van der Waals surface area contributed by atoms with Crippen molar-refractivity contribution in [1.82, 2.24) is 0 Å². The fourth-order valence-corrected chi connectivity index (χ4v) is 2.21. The molecule has 0 aliphatic heterocycles. The summed E-state index contributed by atoms with van der Waals surface area (Å²) in [5.74, 6) is 0.599. The quantitative estimate of drug-likeness (QED) is 0.899. The summed E-state index contributed by atoms with van der Waals surface area (Å²) in [5.41, 5.74) is 6.51. The second kappa shape index (κ2) is 5.69. The number of nitrogens with two attached hydrogens (primary N) is 1. The van der Waals surface area contributed by atoms with Crippen LogP contribution in [0, 0.1) is 5.82 Å². The van der Waals surface area contributed by atoms with E-state index in [1.54, 1.807) is 6.07 Å². The Kier molecular flexibility index (Phi) is 4.22. The van der Waals surface area contributed by atoms with E-state index < -0.39 is 5.82 Å². The van der Waals surface area contributed by atoms with Crippen LogP contribution in [0.4, 0.5) is 4.39 Å². The van der Waals surface area contributed by atoms with Gasteiger partial charge < -0.3 is 10.5 Å². The third-order valence-electron chi connectivity index (χ3n) is 2.29. The molecule has 94 valence electrons. The van der Waals surface area contributed by atoms with Crippen molar-refractivity contribution in [2.24, 2.45) is 5.73 Å². The number of rotatable bonds is 3. The number of hydrogen-bond acceptors (Lipinski definition) is 2. The lowest BCUT2D eigenvalue weighted by molar-refractivity contribution is 0.480. The van der Waals surface area contributed by atoms with Gasteiger partial charge in [0, 0.05) is 11.0 Å². The molecule has 18 heavy (non-hydrogen) atoms. The van der Waals surface area contributed by atoms with Crippen LogP contribution in [-0.4, -0.2) is 0 Å². The Morgan fingerprint density at radius 1 is 1.22 bits per heavy atom. The highest BCUT2D eigenvalue weighted by Gasteiger charge is 2.06. The zero-order valence-electron chi connectivity index (χ0n) is 9.29. The molecule has 2 N–H and O–H groups in total. The first-order valence-corrected chi connectivity index (χ1v) is 6.38. The smallest absolute Gasteiger partial charge is 0.146 e. The van der Waals surface area contributed by atoms with Gasteiger partial charge in [0.2, 0.25) is 0 Å². The third kappa shape index (κ3) is 3.22. The standard InChI is InChI=1S/C13H10BrClFNO/c14-9-3-8(7-17)4-11(5-9)18-13-2-1-10(16)6-12(13)15/h1-6H,7,17H2. The van der Waals surface area contributed by atoms with Crippen molar-refractivity contribution in [3.05, 3.63) is 57.3 Å². The highest BCUT2D eigenvalue weighted by Crippen LogP contribution is 2.31. The SMILES string of the molecule is NCc1cc(Br)cc(Oc2ccc(F)cc2Cl)c1. The van der Waals surface area contributed by atoms with Crippen LogP contribution in [0.5, 0.6) is 11.5 Å². The lowest BCUT2D eigenvalue weighted by Crippen LogP contribution is -1.96. The summed E-state index contributed by atoms with van der Waals surface area (Å²) in [6.07, 6.45) is 0. The average molecular weight is 331 g/mol. The van der Waals surface area contributed by atoms with Crippen LogP contribution in [0.3, 0.4) is 0 Å². The molecule has 0 amide bonds. The molecule has 0 saturated heterocycles. The van der Waals surface area contributed by atoms with Crippen molar-refractivity contribution >= 4 is 27.5 Å². The molecule has 2 nitrogen and oxygen atoms in total. The number of benzene rings is 2. The van der Waals surface area contributed by atoms with E-state index in [0.29, 0.717) is 18.0 Å². The summed E-state index contributed by atoms with van der Waals surface area (Å²) < 4.78 is 19.4. The zero-order chi connectivity index (χ0) is 13.1. The molecule has 0 saturated carbocycles. The Morgan fingerprint density at radius 2 is 2.00 bits per heavy atom. The highest BCUT2D eigenvalue weighted by atomic mass is 79.9. The maximum atomic E-state index is 12.9. The van der Waals surface area contributed by atoms with Gasteiger partial charge in [-0.3, -0.25) is 0 Å². The van der Waals surface area contributed by atoms with E-state index >= 15 is 0 Å². The molecule has 2 aromatic carbocycles. The largest absolute Gasteiger partial charge is 0.456 e. The van der Waals surface area contributed by atoms with Crippen molar-refractivity contribution in [2.45, 2.75) is 6.54 Å². The summed E-state index contributed by atoms with van der Waals surface area (Å²) in [6, 6.07) is 9.49. The molecular formula is C13H10BrClFNO. The molecule has 0 aliphatic rings. The van der Waals surface area contributed by atoms with Crippen LogP contribution in [0.1, 0.15) is 5.56 Å². The van der Waals surface area contributed by atoms with Crippen molar-refractivity contribution in [3.63, 3.8) is 0 Å². The van der Waals surface area contributed by atoms with E-state index in [2.05, 4.69) is 15.9 Å². The zero-order valence-corrected chi connectivity index (χ0v) is 11.6. The topological polar surface area (TPSA) is 35.2 Å². The van der Waals surface area contributed by atoms with Gasteiger partial charge in [-0.15, -0.1) is 0 Å². The fourth-order valence-electron chi connectivity index (χ4n) is 1.48. The Labute approximate surface area is 118 Å². The van der Waals surface area contributed by atoms with E-state index in [4.69, 9.17) is 22.1 Å². The van der Waals surface area contributed by atoms with Gasteiger partial charge in [-0.25, -0.2) is 4.39 Å². The van der Waals surface area contributed by atoms with Crippen molar-refractivity contribution < 1.29 is 9.13 Å². The minimum atomic E-state index is -0.399. The first kappa shape index (κ1) is 13.3. The van der Waals surface area contributed by atoms with Gasteiger partial charge >= 0.3 is 0 Å². The molecule has 2 aromatic rings. The highest BCUT2D eigenvalue weighted by molar-refractivity contribution is 9.10. The fraction of sp³-hybridized carbons (Fsp3) is 0.0769. The molecule has 0 unspecified atom stereocenters. The molecule has 0 spiro atoms. The number of ether oxygens (including phenoxy) is 1. The van der Waals surface area contributed by atoms with Crippen molar-refractivity contribution in [2.75, 3.05) is 0 Å². The first-order chi connectivity index (χ1) is 8.58. The Morgan fingerprint density at radius 3 is 2.67 bits per heavy atom. The van der Waals surface area contributed by atoms with E-state index in [1.807, 2.05) is 12.1 Å². The lowest BCUT2D eigenvalue weighted by Gasteiger charge is -2.09. The molecule has 0 aliphatic carbocycles. The van der Waals surface area contributed by atoms with Crippen molar-refractivity contribution in [1.29, 1.82) is 0 Å². The van der Waals surface area contributed by atoms with Crippen LogP contribution < -0.4 is 10.5 Å². The molecule has 0 bridgehead atoms. The van der Waals surface area contributed by atoms with E-state index in [1.165, 1.54) is 18.2 Å². The van der Waals surface area contributed by atoms with Crippen LogP contribution in [-0.2, 0) is 6.54 Å². The van der Waals surface area contributed by atoms with Crippen molar-refractivity contribution in [3.8, 4) is 11.5 Å².